The van der Waals surface area contributed by atoms with E-state index in [0.717, 1.165) is 32.5 Å². The first kappa shape index (κ1) is 14.5. The highest BCUT2D eigenvalue weighted by Gasteiger charge is 2.27. The maximum Gasteiger partial charge on any atom is 0.217 e. The van der Waals surface area contributed by atoms with E-state index in [4.69, 9.17) is 5.11 Å². The molecule has 1 saturated heterocycles. The Morgan fingerprint density at radius 2 is 2.18 bits per heavy atom. The smallest absolute Gasteiger partial charge is 0.217 e. The quantitative estimate of drug-likeness (QED) is 0.751. The van der Waals surface area contributed by atoms with Crippen molar-refractivity contribution in [2.24, 2.45) is 11.8 Å². The van der Waals surface area contributed by atoms with Crippen LogP contribution in [0.15, 0.2) is 0 Å². The lowest BCUT2D eigenvalue weighted by atomic mass is 9.91. The van der Waals surface area contributed by atoms with E-state index in [9.17, 15) is 4.79 Å². The molecular weight excluding hydrogens is 216 g/mol. The van der Waals surface area contributed by atoms with Crippen LogP contribution in [0.4, 0.5) is 0 Å². The predicted octanol–water partition coefficient (Wildman–Crippen LogP) is 0.851. The summed E-state index contributed by atoms with van der Waals surface area (Å²) in [5.41, 5.74) is 0. The monoisotopic (exact) mass is 242 g/mol. The number of piperidine rings is 1. The molecule has 2 N–H and O–H groups in total. The highest BCUT2D eigenvalue weighted by molar-refractivity contribution is 5.73. The van der Waals surface area contributed by atoms with Crippen LogP contribution in [0.2, 0.25) is 0 Å². The van der Waals surface area contributed by atoms with Gasteiger partial charge in [0.15, 0.2) is 0 Å². The molecule has 2 atom stereocenters. The average molecular weight is 242 g/mol. The van der Waals surface area contributed by atoms with Crippen LogP contribution in [0.25, 0.3) is 0 Å². The third-order valence-corrected chi connectivity index (χ3v) is 3.18. The van der Waals surface area contributed by atoms with Gasteiger partial charge in [-0.3, -0.25) is 4.79 Å². The molecule has 2 unspecified atom stereocenters. The summed E-state index contributed by atoms with van der Waals surface area (Å²) >= 11 is 0. The Balaban J connectivity index is 2.52. The number of rotatable bonds is 5. The summed E-state index contributed by atoms with van der Waals surface area (Å²) in [6.07, 6.45) is 1.83. The third kappa shape index (κ3) is 5.50. The first-order chi connectivity index (χ1) is 8.01. The molecule has 1 aliphatic rings. The van der Waals surface area contributed by atoms with Gasteiger partial charge in [0.1, 0.15) is 0 Å². The first-order valence-electron chi connectivity index (χ1n) is 6.61. The van der Waals surface area contributed by atoms with Gasteiger partial charge in [-0.05, 0) is 24.7 Å². The molecule has 0 bridgehead atoms. The van der Waals surface area contributed by atoms with Crippen LogP contribution in [0, 0.1) is 11.8 Å². The van der Waals surface area contributed by atoms with E-state index in [2.05, 4.69) is 24.1 Å². The number of carbonyl (C=O) groups excluding carboxylic acids is 1. The zero-order valence-electron chi connectivity index (χ0n) is 11.3. The molecule has 100 valence electrons. The molecule has 0 aromatic heterocycles. The Hall–Kier alpha value is -0.610. The van der Waals surface area contributed by atoms with Crippen LogP contribution < -0.4 is 5.32 Å². The number of nitrogens with zero attached hydrogens (tertiary/aromatic N) is 1. The van der Waals surface area contributed by atoms with Crippen molar-refractivity contribution in [1.82, 2.24) is 10.2 Å². The number of aliphatic hydroxyl groups is 1. The first-order valence-corrected chi connectivity index (χ1v) is 6.61. The number of nitrogens with one attached hydrogen (secondary N) is 1. The zero-order valence-corrected chi connectivity index (χ0v) is 11.3. The molecule has 1 heterocycles. The van der Waals surface area contributed by atoms with Gasteiger partial charge in [-0.15, -0.1) is 0 Å². The van der Waals surface area contributed by atoms with Crippen LogP contribution in [0.1, 0.15) is 33.6 Å². The number of likely N-dealkylation sites (tertiary alicyclic amines) is 1. The second-order valence-corrected chi connectivity index (χ2v) is 5.62. The number of amides is 1. The van der Waals surface area contributed by atoms with Crippen molar-refractivity contribution in [2.75, 3.05) is 26.2 Å². The van der Waals surface area contributed by atoms with Crippen molar-refractivity contribution in [3.8, 4) is 0 Å². The van der Waals surface area contributed by atoms with E-state index >= 15 is 0 Å². The van der Waals surface area contributed by atoms with Gasteiger partial charge in [0, 0.05) is 39.2 Å². The summed E-state index contributed by atoms with van der Waals surface area (Å²) in [6, 6.07) is 0.247. The van der Waals surface area contributed by atoms with Crippen LogP contribution in [-0.2, 0) is 4.79 Å². The number of carbonyl (C=O) groups is 1. The summed E-state index contributed by atoms with van der Waals surface area (Å²) in [7, 11) is 0. The molecule has 0 aromatic rings. The van der Waals surface area contributed by atoms with E-state index in [0.29, 0.717) is 11.8 Å². The maximum atomic E-state index is 11.1. The average Bonchev–Trinajstić information content (AvgIpc) is 2.14. The van der Waals surface area contributed by atoms with E-state index < -0.39 is 0 Å². The molecule has 1 rings (SSSR count). The summed E-state index contributed by atoms with van der Waals surface area (Å²) in [6.45, 7) is 9.30. The number of aliphatic hydroxyl groups excluding tert-OH is 1. The molecule has 1 fully saturated rings. The van der Waals surface area contributed by atoms with Gasteiger partial charge >= 0.3 is 0 Å². The van der Waals surface area contributed by atoms with Crippen LogP contribution >= 0.6 is 0 Å². The molecule has 1 amide bonds. The molecule has 4 nitrogen and oxygen atoms in total. The fraction of sp³-hybridized carbons (Fsp3) is 0.923. The van der Waals surface area contributed by atoms with Gasteiger partial charge in [0.2, 0.25) is 5.91 Å². The van der Waals surface area contributed by atoms with Crippen LogP contribution in [0.3, 0.4) is 0 Å². The lowest BCUT2D eigenvalue weighted by molar-refractivity contribution is -0.120. The van der Waals surface area contributed by atoms with E-state index in [1.807, 2.05) is 0 Å². The largest absolute Gasteiger partial charge is 0.396 e. The van der Waals surface area contributed by atoms with Crippen LogP contribution in [0.5, 0.6) is 0 Å². The summed E-state index contributed by atoms with van der Waals surface area (Å²) < 4.78 is 0. The molecule has 4 heteroatoms. The Morgan fingerprint density at radius 3 is 2.71 bits per heavy atom. The van der Waals surface area contributed by atoms with Crippen molar-refractivity contribution in [1.29, 1.82) is 0 Å². The van der Waals surface area contributed by atoms with Crippen molar-refractivity contribution in [2.45, 2.75) is 39.7 Å². The summed E-state index contributed by atoms with van der Waals surface area (Å²) in [5.74, 6) is 1.19. The lowest BCUT2D eigenvalue weighted by Crippen LogP contribution is -2.51. The molecule has 1 aliphatic heterocycles. The van der Waals surface area contributed by atoms with Gasteiger partial charge < -0.3 is 15.3 Å². The fourth-order valence-electron chi connectivity index (χ4n) is 2.75. The minimum absolute atomic E-state index is 0.0455. The minimum atomic E-state index is 0.0455. The zero-order chi connectivity index (χ0) is 12.8. The Labute approximate surface area is 104 Å². The standard InChI is InChI=1S/C13H26N2O2/c1-10(2)7-15-8-12(4-5-16)6-13(9-15)14-11(3)17/h10,12-13,16H,4-9H2,1-3H3,(H,14,17). The van der Waals surface area contributed by atoms with Crippen molar-refractivity contribution >= 4 is 5.91 Å². The Bertz CT molecular complexity index is 244. The molecule has 17 heavy (non-hydrogen) atoms. The number of hydrogen-bond donors (Lipinski definition) is 2. The third-order valence-electron chi connectivity index (χ3n) is 3.18. The minimum Gasteiger partial charge on any atom is -0.396 e. The lowest BCUT2D eigenvalue weighted by Gasteiger charge is -2.38. The Morgan fingerprint density at radius 1 is 1.47 bits per heavy atom. The van der Waals surface area contributed by atoms with Crippen molar-refractivity contribution in [3.05, 3.63) is 0 Å². The van der Waals surface area contributed by atoms with Crippen molar-refractivity contribution < 1.29 is 9.90 Å². The van der Waals surface area contributed by atoms with Gasteiger partial charge in [-0.25, -0.2) is 0 Å². The molecule has 0 aliphatic carbocycles. The van der Waals surface area contributed by atoms with Crippen molar-refractivity contribution in [3.63, 3.8) is 0 Å². The summed E-state index contributed by atoms with van der Waals surface area (Å²) in [5, 5.41) is 12.1. The maximum absolute atomic E-state index is 11.1. The molecule has 0 spiro atoms. The summed E-state index contributed by atoms with van der Waals surface area (Å²) in [4.78, 5) is 13.5. The van der Waals surface area contributed by atoms with E-state index in [1.54, 1.807) is 6.92 Å². The van der Waals surface area contributed by atoms with Gasteiger partial charge in [-0.1, -0.05) is 13.8 Å². The second-order valence-electron chi connectivity index (χ2n) is 5.62. The molecule has 0 radical (unpaired) electrons. The fourth-order valence-corrected chi connectivity index (χ4v) is 2.75. The SMILES string of the molecule is CC(=O)NC1CC(CCO)CN(CC(C)C)C1. The van der Waals surface area contributed by atoms with E-state index in [-0.39, 0.29) is 18.6 Å². The van der Waals surface area contributed by atoms with Crippen LogP contribution in [-0.4, -0.2) is 48.2 Å². The topological polar surface area (TPSA) is 52.6 Å². The Kier molecular flexibility index (Phi) is 5.92. The van der Waals surface area contributed by atoms with Gasteiger partial charge in [-0.2, -0.15) is 0 Å². The predicted molar refractivity (Wildman–Crippen MR) is 68.7 cm³/mol. The second kappa shape index (κ2) is 6.97. The van der Waals surface area contributed by atoms with E-state index in [1.165, 1.54) is 0 Å². The normalized spacial score (nSPS) is 26.2. The molecular formula is C13H26N2O2. The molecule has 0 aromatic carbocycles. The van der Waals surface area contributed by atoms with Gasteiger partial charge in [0.25, 0.3) is 0 Å². The highest BCUT2D eigenvalue weighted by Crippen LogP contribution is 2.20. The highest BCUT2D eigenvalue weighted by atomic mass is 16.3. The molecule has 0 saturated carbocycles. The number of hydrogen-bond acceptors (Lipinski definition) is 3. The van der Waals surface area contributed by atoms with Gasteiger partial charge in [0.05, 0.1) is 0 Å².